The van der Waals surface area contributed by atoms with Crippen molar-refractivity contribution in [3.63, 3.8) is 0 Å². The second-order valence-electron chi connectivity index (χ2n) is 4.42. The molecule has 0 aliphatic carbocycles. The van der Waals surface area contributed by atoms with Crippen molar-refractivity contribution in [2.24, 2.45) is 5.73 Å². The van der Waals surface area contributed by atoms with E-state index in [9.17, 15) is 0 Å². The lowest BCUT2D eigenvalue weighted by atomic mass is 10.1. The monoisotopic (exact) mass is 219 g/mol. The summed E-state index contributed by atoms with van der Waals surface area (Å²) >= 11 is 0. The molecule has 0 fully saturated rings. The van der Waals surface area contributed by atoms with Crippen LogP contribution in [0.1, 0.15) is 33.3 Å². The van der Waals surface area contributed by atoms with Crippen LogP contribution in [0.3, 0.4) is 0 Å². The van der Waals surface area contributed by atoms with Crippen molar-refractivity contribution in [2.45, 2.75) is 39.8 Å². The van der Waals surface area contributed by atoms with Crippen LogP contribution in [0, 0.1) is 0 Å². The van der Waals surface area contributed by atoms with Crippen LogP contribution in [0.4, 0.5) is 0 Å². The van der Waals surface area contributed by atoms with Gasteiger partial charge in [-0.25, -0.2) is 0 Å². The molecule has 0 spiro atoms. The van der Waals surface area contributed by atoms with E-state index >= 15 is 0 Å². The van der Waals surface area contributed by atoms with E-state index in [1.807, 2.05) is 45.9 Å². The maximum Gasteiger partial charge on any atom is 0.120 e. The van der Waals surface area contributed by atoms with Crippen molar-refractivity contribution in [1.82, 2.24) is 0 Å². The SMILES string of the molecule is C/C(=C/c1cccc(OC(C)C)c1)C(C)N. The Kier molecular flexibility index (Phi) is 4.56. The lowest BCUT2D eigenvalue weighted by molar-refractivity contribution is 0.242. The molecular weight excluding hydrogens is 198 g/mol. The summed E-state index contributed by atoms with van der Waals surface area (Å²) in [5, 5.41) is 0. The minimum atomic E-state index is 0.0923. The quantitative estimate of drug-likeness (QED) is 0.843. The highest BCUT2D eigenvalue weighted by Gasteiger charge is 2.00. The Labute approximate surface area is 98.1 Å². The molecule has 16 heavy (non-hydrogen) atoms. The third kappa shape index (κ3) is 4.07. The van der Waals surface area contributed by atoms with Gasteiger partial charge in [0.1, 0.15) is 5.75 Å². The van der Waals surface area contributed by atoms with Gasteiger partial charge in [0.05, 0.1) is 6.10 Å². The fourth-order valence-corrected chi connectivity index (χ4v) is 1.34. The molecule has 0 saturated heterocycles. The van der Waals surface area contributed by atoms with Gasteiger partial charge in [-0.1, -0.05) is 23.8 Å². The average molecular weight is 219 g/mol. The molecule has 2 N–H and O–H groups in total. The number of nitrogens with two attached hydrogens (primary N) is 1. The molecule has 0 heterocycles. The van der Waals surface area contributed by atoms with E-state index in [2.05, 4.69) is 12.1 Å². The Balaban J connectivity index is 2.86. The predicted octanol–water partition coefficient (Wildman–Crippen LogP) is 3.22. The number of hydrogen-bond acceptors (Lipinski definition) is 2. The van der Waals surface area contributed by atoms with Crippen LogP contribution in [0.2, 0.25) is 0 Å². The lowest BCUT2D eigenvalue weighted by Crippen LogP contribution is -2.15. The maximum atomic E-state index is 5.80. The van der Waals surface area contributed by atoms with Crippen LogP contribution in [-0.4, -0.2) is 12.1 Å². The first kappa shape index (κ1) is 12.8. The van der Waals surface area contributed by atoms with Gasteiger partial charge in [0.2, 0.25) is 0 Å². The van der Waals surface area contributed by atoms with Crippen molar-refractivity contribution < 1.29 is 4.74 Å². The number of benzene rings is 1. The van der Waals surface area contributed by atoms with Crippen LogP contribution >= 0.6 is 0 Å². The van der Waals surface area contributed by atoms with Crippen LogP contribution in [-0.2, 0) is 0 Å². The Hall–Kier alpha value is -1.28. The van der Waals surface area contributed by atoms with Crippen LogP contribution in [0.5, 0.6) is 5.75 Å². The third-order valence-corrected chi connectivity index (χ3v) is 2.34. The molecule has 2 nitrogen and oxygen atoms in total. The normalized spacial score (nSPS) is 14.0. The van der Waals surface area contributed by atoms with Gasteiger partial charge in [0.25, 0.3) is 0 Å². The first-order valence-corrected chi connectivity index (χ1v) is 5.69. The smallest absolute Gasteiger partial charge is 0.120 e. The standard InChI is InChI=1S/C14H21NO/c1-10(2)16-14-7-5-6-13(9-14)8-11(3)12(4)15/h5-10,12H,15H2,1-4H3/b11-8-. The molecule has 1 aromatic rings. The van der Waals surface area contributed by atoms with E-state index < -0.39 is 0 Å². The Morgan fingerprint density at radius 2 is 2.00 bits per heavy atom. The van der Waals surface area contributed by atoms with Crippen molar-refractivity contribution in [3.05, 3.63) is 35.4 Å². The molecule has 1 unspecified atom stereocenters. The van der Waals surface area contributed by atoms with Gasteiger partial charge in [-0.3, -0.25) is 0 Å². The van der Waals surface area contributed by atoms with Crippen LogP contribution in [0.25, 0.3) is 6.08 Å². The van der Waals surface area contributed by atoms with Gasteiger partial charge in [-0.05, 0) is 45.4 Å². The van der Waals surface area contributed by atoms with E-state index in [1.165, 1.54) is 5.57 Å². The minimum Gasteiger partial charge on any atom is -0.491 e. The lowest BCUT2D eigenvalue weighted by Gasteiger charge is -2.10. The van der Waals surface area contributed by atoms with E-state index in [0.717, 1.165) is 11.3 Å². The first-order chi connectivity index (χ1) is 7.49. The fourth-order valence-electron chi connectivity index (χ4n) is 1.34. The summed E-state index contributed by atoms with van der Waals surface area (Å²) in [7, 11) is 0. The molecule has 2 heteroatoms. The number of ether oxygens (including phenoxy) is 1. The highest BCUT2D eigenvalue weighted by Crippen LogP contribution is 2.17. The summed E-state index contributed by atoms with van der Waals surface area (Å²) in [4.78, 5) is 0. The van der Waals surface area contributed by atoms with Gasteiger partial charge in [-0.15, -0.1) is 0 Å². The Morgan fingerprint density at radius 3 is 2.56 bits per heavy atom. The summed E-state index contributed by atoms with van der Waals surface area (Å²) in [6.45, 7) is 8.08. The van der Waals surface area contributed by atoms with Crippen molar-refractivity contribution >= 4 is 6.08 Å². The largest absolute Gasteiger partial charge is 0.491 e. The summed E-state index contributed by atoms with van der Waals surface area (Å²) < 4.78 is 5.64. The summed E-state index contributed by atoms with van der Waals surface area (Å²) in [5.74, 6) is 0.904. The Morgan fingerprint density at radius 1 is 1.31 bits per heavy atom. The summed E-state index contributed by atoms with van der Waals surface area (Å²) in [5.41, 5.74) is 8.10. The molecule has 0 amide bonds. The summed E-state index contributed by atoms with van der Waals surface area (Å²) in [6, 6.07) is 8.15. The zero-order valence-corrected chi connectivity index (χ0v) is 10.5. The number of rotatable bonds is 4. The highest BCUT2D eigenvalue weighted by molar-refractivity contribution is 5.55. The zero-order chi connectivity index (χ0) is 12.1. The number of hydrogen-bond donors (Lipinski definition) is 1. The topological polar surface area (TPSA) is 35.2 Å². The van der Waals surface area contributed by atoms with Crippen LogP contribution < -0.4 is 10.5 Å². The second kappa shape index (κ2) is 5.71. The van der Waals surface area contributed by atoms with Gasteiger partial charge in [0, 0.05) is 6.04 Å². The fraction of sp³-hybridized carbons (Fsp3) is 0.429. The van der Waals surface area contributed by atoms with Crippen LogP contribution in [0.15, 0.2) is 29.8 Å². The van der Waals surface area contributed by atoms with Gasteiger partial charge < -0.3 is 10.5 Å². The maximum absolute atomic E-state index is 5.80. The molecule has 0 aliphatic heterocycles. The van der Waals surface area contributed by atoms with Gasteiger partial charge >= 0.3 is 0 Å². The molecule has 0 radical (unpaired) electrons. The third-order valence-electron chi connectivity index (χ3n) is 2.34. The molecule has 1 aromatic carbocycles. The highest BCUT2D eigenvalue weighted by atomic mass is 16.5. The average Bonchev–Trinajstić information content (AvgIpc) is 2.16. The molecule has 0 aromatic heterocycles. The predicted molar refractivity (Wildman–Crippen MR) is 69.5 cm³/mol. The van der Waals surface area contributed by atoms with Crippen molar-refractivity contribution in [3.8, 4) is 5.75 Å². The molecule has 88 valence electrons. The molecule has 1 atom stereocenters. The van der Waals surface area contributed by atoms with Crippen molar-refractivity contribution in [1.29, 1.82) is 0 Å². The molecule has 0 aliphatic rings. The second-order valence-corrected chi connectivity index (χ2v) is 4.42. The molecule has 0 bridgehead atoms. The van der Waals surface area contributed by atoms with E-state index in [0.29, 0.717) is 0 Å². The van der Waals surface area contributed by atoms with E-state index in [-0.39, 0.29) is 12.1 Å². The van der Waals surface area contributed by atoms with E-state index in [1.54, 1.807) is 0 Å². The molecular formula is C14H21NO. The molecule has 1 rings (SSSR count). The van der Waals surface area contributed by atoms with Gasteiger partial charge in [0.15, 0.2) is 0 Å². The summed E-state index contributed by atoms with van der Waals surface area (Å²) in [6.07, 6.45) is 2.30. The van der Waals surface area contributed by atoms with Crippen molar-refractivity contribution in [2.75, 3.05) is 0 Å². The van der Waals surface area contributed by atoms with Gasteiger partial charge in [-0.2, -0.15) is 0 Å². The zero-order valence-electron chi connectivity index (χ0n) is 10.5. The first-order valence-electron chi connectivity index (χ1n) is 5.69. The molecule has 0 saturated carbocycles. The minimum absolute atomic E-state index is 0.0923. The Bertz CT molecular complexity index is 367. The van der Waals surface area contributed by atoms with E-state index in [4.69, 9.17) is 10.5 Å².